The van der Waals surface area contributed by atoms with E-state index >= 15 is 0 Å². The van der Waals surface area contributed by atoms with Gasteiger partial charge >= 0.3 is 0 Å². The Morgan fingerprint density at radius 1 is 1.29 bits per heavy atom. The van der Waals surface area contributed by atoms with Gasteiger partial charge in [0.25, 0.3) is 0 Å². The van der Waals surface area contributed by atoms with Gasteiger partial charge in [0.15, 0.2) is 0 Å². The second kappa shape index (κ2) is 4.65. The van der Waals surface area contributed by atoms with Gasteiger partial charge in [-0.2, -0.15) is 5.26 Å². The van der Waals surface area contributed by atoms with Crippen molar-refractivity contribution in [3.8, 4) is 6.07 Å². The monoisotopic (exact) mass is 245 g/mol. The molecule has 0 fully saturated rings. The molecule has 86 valence electrons. The van der Waals surface area contributed by atoms with Crippen LogP contribution < -0.4 is 0 Å². The van der Waals surface area contributed by atoms with Crippen molar-refractivity contribution in [3.63, 3.8) is 0 Å². The smallest absolute Gasteiger partial charge is 0.105 e. The third-order valence-electron chi connectivity index (χ3n) is 2.84. The van der Waals surface area contributed by atoms with E-state index in [2.05, 4.69) is 6.07 Å². The van der Waals surface area contributed by atoms with Crippen LogP contribution >= 0.6 is 11.6 Å². The quantitative estimate of drug-likeness (QED) is 0.821. The van der Waals surface area contributed by atoms with Crippen LogP contribution in [0.15, 0.2) is 47.1 Å². The van der Waals surface area contributed by atoms with Crippen molar-refractivity contribution in [2.45, 2.75) is 18.8 Å². The third kappa shape index (κ3) is 2.51. The summed E-state index contributed by atoms with van der Waals surface area (Å²) in [5.74, 6) is 0.809. The molecular formula is C14H12ClNO. The fourth-order valence-electron chi connectivity index (χ4n) is 1.79. The van der Waals surface area contributed by atoms with Gasteiger partial charge in [-0.3, -0.25) is 0 Å². The zero-order chi connectivity index (χ0) is 12.3. The summed E-state index contributed by atoms with van der Waals surface area (Å²) in [5, 5.41) is 10.1. The molecular weight excluding hydrogens is 234 g/mol. The Morgan fingerprint density at radius 3 is 2.53 bits per heavy atom. The highest BCUT2D eigenvalue weighted by molar-refractivity contribution is 6.30. The van der Waals surface area contributed by atoms with Crippen LogP contribution in [-0.4, -0.2) is 0 Å². The molecule has 3 heteroatoms. The van der Waals surface area contributed by atoms with Gasteiger partial charge in [-0.05, 0) is 36.8 Å². The number of hydrogen-bond acceptors (Lipinski definition) is 2. The molecule has 0 amide bonds. The largest absolute Gasteiger partial charge is 0.469 e. The standard InChI is InChI=1S/C14H12ClNO/c1-14(10-16,9-13-3-2-8-17-13)11-4-6-12(15)7-5-11/h2-8H,9H2,1H3. The molecule has 0 radical (unpaired) electrons. The molecule has 0 saturated heterocycles. The highest BCUT2D eigenvalue weighted by atomic mass is 35.5. The zero-order valence-electron chi connectivity index (χ0n) is 9.48. The van der Waals surface area contributed by atoms with E-state index in [4.69, 9.17) is 16.0 Å². The first-order valence-corrected chi connectivity index (χ1v) is 5.71. The lowest BCUT2D eigenvalue weighted by Gasteiger charge is -2.20. The molecule has 0 aliphatic carbocycles. The summed E-state index contributed by atoms with van der Waals surface area (Å²) < 4.78 is 5.30. The first-order valence-electron chi connectivity index (χ1n) is 5.34. The van der Waals surface area contributed by atoms with E-state index in [-0.39, 0.29) is 0 Å². The second-order valence-corrected chi connectivity index (χ2v) is 4.64. The van der Waals surface area contributed by atoms with Gasteiger partial charge in [0.05, 0.1) is 17.7 Å². The molecule has 2 aromatic rings. The maximum Gasteiger partial charge on any atom is 0.105 e. The molecule has 1 unspecified atom stereocenters. The lowest BCUT2D eigenvalue weighted by Crippen LogP contribution is -2.22. The van der Waals surface area contributed by atoms with E-state index in [0.29, 0.717) is 11.4 Å². The first-order chi connectivity index (χ1) is 8.14. The van der Waals surface area contributed by atoms with Crippen molar-refractivity contribution in [2.75, 3.05) is 0 Å². The number of benzene rings is 1. The van der Waals surface area contributed by atoms with Crippen LogP contribution in [0.2, 0.25) is 5.02 Å². The Kier molecular flexibility index (Phi) is 3.21. The van der Waals surface area contributed by atoms with Crippen molar-refractivity contribution >= 4 is 11.6 Å². The fraction of sp³-hybridized carbons (Fsp3) is 0.214. The van der Waals surface area contributed by atoms with E-state index < -0.39 is 5.41 Å². The van der Waals surface area contributed by atoms with Crippen molar-refractivity contribution in [3.05, 3.63) is 59.0 Å². The minimum atomic E-state index is -0.595. The lowest BCUT2D eigenvalue weighted by molar-refractivity contribution is 0.462. The maximum atomic E-state index is 9.38. The molecule has 0 N–H and O–H groups in total. The number of rotatable bonds is 3. The highest BCUT2D eigenvalue weighted by Crippen LogP contribution is 2.28. The summed E-state index contributed by atoms with van der Waals surface area (Å²) in [6, 6.07) is 13.4. The predicted molar refractivity (Wildman–Crippen MR) is 66.8 cm³/mol. The molecule has 1 atom stereocenters. The van der Waals surface area contributed by atoms with E-state index in [1.165, 1.54) is 0 Å². The normalized spacial score (nSPS) is 13.9. The summed E-state index contributed by atoms with van der Waals surface area (Å²) in [7, 11) is 0. The molecule has 1 aromatic carbocycles. The first kappa shape index (κ1) is 11.8. The topological polar surface area (TPSA) is 36.9 Å². The molecule has 0 aliphatic heterocycles. The highest BCUT2D eigenvalue weighted by Gasteiger charge is 2.27. The fourth-order valence-corrected chi connectivity index (χ4v) is 1.91. The van der Waals surface area contributed by atoms with E-state index in [9.17, 15) is 5.26 Å². The average molecular weight is 246 g/mol. The Morgan fingerprint density at radius 2 is 2.00 bits per heavy atom. The van der Waals surface area contributed by atoms with Crippen molar-refractivity contribution < 1.29 is 4.42 Å². The molecule has 0 aliphatic rings. The van der Waals surface area contributed by atoms with Crippen LogP contribution in [0.25, 0.3) is 0 Å². The Labute approximate surface area is 105 Å². The number of hydrogen-bond donors (Lipinski definition) is 0. The summed E-state index contributed by atoms with van der Waals surface area (Å²) in [6.07, 6.45) is 2.17. The van der Waals surface area contributed by atoms with Crippen LogP contribution in [0, 0.1) is 11.3 Å². The van der Waals surface area contributed by atoms with Gasteiger partial charge in [-0.15, -0.1) is 0 Å². The molecule has 0 saturated carbocycles. The van der Waals surface area contributed by atoms with E-state index in [0.717, 1.165) is 11.3 Å². The maximum absolute atomic E-state index is 9.38. The summed E-state index contributed by atoms with van der Waals surface area (Å²) >= 11 is 5.85. The molecule has 0 bridgehead atoms. The number of nitrogens with zero attached hydrogens (tertiary/aromatic N) is 1. The molecule has 17 heavy (non-hydrogen) atoms. The zero-order valence-corrected chi connectivity index (χ0v) is 10.2. The van der Waals surface area contributed by atoms with Gasteiger partial charge in [-0.1, -0.05) is 23.7 Å². The summed E-state index contributed by atoms with van der Waals surface area (Å²) in [6.45, 7) is 1.90. The van der Waals surface area contributed by atoms with E-state index in [1.54, 1.807) is 18.4 Å². The minimum Gasteiger partial charge on any atom is -0.469 e. The van der Waals surface area contributed by atoms with Crippen LogP contribution in [-0.2, 0) is 11.8 Å². The van der Waals surface area contributed by atoms with Crippen LogP contribution in [0.4, 0.5) is 0 Å². The predicted octanol–water partition coefficient (Wildman–Crippen LogP) is 3.96. The molecule has 1 heterocycles. The van der Waals surface area contributed by atoms with Gasteiger partial charge in [0.2, 0.25) is 0 Å². The van der Waals surface area contributed by atoms with Crippen LogP contribution in [0.1, 0.15) is 18.2 Å². The van der Waals surface area contributed by atoms with Crippen LogP contribution in [0.3, 0.4) is 0 Å². The average Bonchev–Trinajstić information content (AvgIpc) is 2.82. The molecule has 0 spiro atoms. The van der Waals surface area contributed by atoms with Crippen molar-refractivity contribution in [2.24, 2.45) is 0 Å². The molecule has 1 aromatic heterocycles. The van der Waals surface area contributed by atoms with Gasteiger partial charge < -0.3 is 4.42 Å². The van der Waals surface area contributed by atoms with Crippen LogP contribution in [0.5, 0.6) is 0 Å². The number of nitriles is 1. The number of furan rings is 1. The number of halogens is 1. The Hall–Kier alpha value is -1.72. The van der Waals surface area contributed by atoms with Gasteiger partial charge in [0.1, 0.15) is 5.76 Å². The Bertz CT molecular complexity index is 524. The lowest BCUT2D eigenvalue weighted by atomic mass is 9.80. The SMILES string of the molecule is CC(C#N)(Cc1ccco1)c1ccc(Cl)cc1. The van der Waals surface area contributed by atoms with Crippen molar-refractivity contribution in [1.29, 1.82) is 5.26 Å². The third-order valence-corrected chi connectivity index (χ3v) is 3.09. The summed E-state index contributed by atoms with van der Waals surface area (Å²) in [4.78, 5) is 0. The summed E-state index contributed by atoms with van der Waals surface area (Å²) in [5.41, 5.74) is 0.350. The second-order valence-electron chi connectivity index (χ2n) is 4.21. The van der Waals surface area contributed by atoms with Gasteiger partial charge in [0, 0.05) is 11.4 Å². The molecule has 2 rings (SSSR count). The van der Waals surface area contributed by atoms with Crippen molar-refractivity contribution in [1.82, 2.24) is 0 Å². The van der Waals surface area contributed by atoms with E-state index in [1.807, 2.05) is 31.2 Å². The minimum absolute atomic E-state index is 0.554. The Balaban J connectivity index is 2.31. The van der Waals surface area contributed by atoms with Gasteiger partial charge in [-0.25, -0.2) is 0 Å². The molecule has 2 nitrogen and oxygen atoms in total.